The Bertz CT molecular complexity index is 578. The molecule has 2 rings (SSSR count). The lowest BCUT2D eigenvalue weighted by molar-refractivity contribution is 0.407. The first-order chi connectivity index (χ1) is 8.52. The van der Waals surface area contributed by atoms with E-state index in [1.807, 2.05) is 30.7 Å². The van der Waals surface area contributed by atoms with Crippen LogP contribution in [0.4, 0.5) is 5.69 Å². The van der Waals surface area contributed by atoms with Crippen molar-refractivity contribution in [2.75, 3.05) is 12.8 Å². The highest BCUT2D eigenvalue weighted by Gasteiger charge is 2.11. The fourth-order valence-electron chi connectivity index (χ4n) is 1.90. The van der Waals surface area contributed by atoms with E-state index in [9.17, 15) is 0 Å². The fraction of sp³-hybridized carbons (Fsp3) is 0.308. The summed E-state index contributed by atoms with van der Waals surface area (Å²) in [5.74, 6) is 0.797. The van der Waals surface area contributed by atoms with E-state index >= 15 is 0 Å². The molecule has 0 bridgehead atoms. The molecular formula is C13H16ClN3O. The highest BCUT2D eigenvalue weighted by atomic mass is 35.5. The number of aromatic nitrogens is 2. The van der Waals surface area contributed by atoms with Gasteiger partial charge >= 0.3 is 0 Å². The van der Waals surface area contributed by atoms with Gasteiger partial charge in [-0.1, -0.05) is 11.6 Å². The number of rotatable bonds is 3. The summed E-state index contributed by atoms with van der Waals surface area (Å²) in [6, 6.07) is 5.54. The number of hydrogen-bond donors (Lipinski definition) is 1. The number of ether oxygens (including phenoxy) is 1. The van der Waals surface area contributed by atoms with Gasteiger partial charge in [0.25, 0.3) is 0 Å². The number of benzene rings is 1. The van der Waals surface area contributed by atoms with Gasteiger partial charge in [-0.2, -0.15) is 5.10 Å². The summed E-state index contributed by atoms with van der Waals surface area (Å²) >= 11 is 6.01. The third-order valence-electron chi connectivity index (χ3n) is 3.00. The number of aryl methyl sites for hydroxylation is 1. The lowest BCUT2D eigenvalue weighted by atomic mass is 10.2. The van der Waals surface area contributed by atoms with Gasteiger partial charge in [0, 0.05) is 10.6 Å². The van der Waals surface area contributed by atoms with Crippen LogP contribution in [0.3, 0.4) is 0 Å². The van der Waals surface area contributed by atoms with E-state index in [-0.39, 0.29) is 0 Å². The molecule has 0 radical (unpaired) electrons. The molecule has 96 valence electrons. The van der Waals surface area contributed by atoms with Crippen LogP contribution in [0.5, 0.6) is 5.75 Å². The Morgan fingerprint density at radius 1 is 1.39 bits per heavy atom. The molecule has 1 heterocycles. The van der Waals surface area contributed by atoms with Crippen LogP contribution in [-0.2, 0) is 6.54 Å². The summed E-state index contributed by atoms with van der Waals surface area (Å²) in [6.07, 6.45) is 0. The zero-order chi connectivity index (χ0) is 13.3. The molecule has 0 spiro atoms. The van der Waals surface area contributed by atoms with Crippen molar-refractivity contribution in [3.63, 3.8) is 0 Å². The number of halogens is 1. The van der Waals surface area contributed by atoms with Gasteiger partial charge in [0.05, 0.1) is 30.7 Å². The van der Waals surface area contributed by atoms with E-state index < -0.39 is 0 Å². The van der Waals surface area contributed by atoms with Crippen molar-refractivity contribution in [1.29, 1.82) is 0 Å². The van der Waals surface area contributed by atoms with E-state index in [0.717, 1.165) is 28.4 Å². The largest absolute Gasteiger partial charge is 0.496 e. The maximum atomic E-state index is 6.01. The first kappa shape index (κ1) is 12.8. The van der Waals surface area contributed by atoms with E-state index in [1.54, 1.807) is 13.2 Å². The Balaban J connectivity index is 2.39. The molecule has 18 heavy (non-hydrogen) atoms. The number of nitrogen functional groups attached to an aromatic ring is 1. The summed E-state index contributed by atoms with van der Waals surface area (Å²) in [4.78, 5) is 0. The number of hydrogen-bond acceptors (Lipinski definition) is 3. The summed E-state index contributed by atoms with van der Waals surface area (Å²) in [5, 5.41) is 5.08. The Kier molecular flexibility index (Phi) is 3.48. The van der Waals surface area contributed by atoms with Crippen LogP contribution in [0.25, 0.3) is 0 Å². The van der Waals surface area contributed by atoms with Gasteiger partial charge in [-0.25, -0.2) is 0 Å². The van der Waals surface area contributed by atoms with E-state index in [4.69, 9.17) is 22.1 Å². The molecule has 0 saturated heterocycles. The first-order valence-corrected chi connectivity index (χ1v) is 6.02. The van der Waals surface area contributed by atoms with Crippen LogP contribution < -0.4 is 10.5 Å². The van der Waals surface area contributed by atoms with Crippen molar-refractivity contribution in [2.24, 2.45) is 0 Å². The Morgan fingerprint density at radius 2 is 2.11 bits per heavy atom. The smallest absolute Gasteiger partial charge is 0.124 e. The minimum atomic E-state index is 0.591. The zero-order valence-electron chi connectivity index (χ0n) is 10.7. The van der Waals surface area contributed by atoms with Crippen molar-refractivity contribution >= 4 is 17.3 Å². The zero-order valence-corrected chi connectivity index (χ0v) is 11.5. The van der Waals surface area contributed by atoms with Crippen LogP contribution in [-0.4, -0.2) is 16.9 Å². The summed E-state index contributed by atoms with van der Waals surface area (Å²) < 4.78 is 7.18. The molecule has 0 aliphatic carbocycles. The predicted molar refractivity (Wildman–Crippen MR) is 73.2 cm³/mol. The second-order valence-electron chi connectivity index (χ2n) is 4.20. The number of anilines is 1. The molecule has 0 aliphatic rings. The van der Waals surface area contributed by atoms with Crippen LogP contribution in [0, 0.1) is 13.8 Å². The monoisotopic (exact) mass is 265 g/mol. The normalized spacial score (nSPS) is 10.7. The molecule has 1 aromatic carbocycles. The van der Waals surface area contributed by atoms with E-state index in [0.29, 0.717) is 11.6 Å². The Hall–Kier alpha value is -1.68. The lowest BCUT2D eigenvalue weighted by Gasteiger charge is -2.10. The Labute approximate surface area is 111 Å². The minimum absolute atomic E-state index is 0.591. The SMILES string of the molecule is COc1ccc(Cl)cc1Cn1nc(C)c(N)c1C. The van der Waals surface area contributed by atoms with E-state index in [1.165, 1.54) is 0 Å². The molecular weight excluding hydrogens is 250 g/mol. The highest BCUT2D eigenvalue weighted by molar-refractivity contribution is 6.30. The summed E-state index contributed by atoms with van der Waals surface area (Å²) in [5.41, 5.74) is 9.43. The molecule has 0 unspecified atom stereocenters. The second-order valence-corrected chi connectivity index (χ2v) is 4.63. The van der Waals surface area contributed by atoms with Gasteiger partial charge in [0.2, 0.25) is 0 Å². The van der Waals surface area contributed by atoms with Crippen LogP contribution in [0.2, 0.25) is 5.02 Å². The molecule has 2 N–H and O–H groups in total. The molecule has 2 aromatic rings. The third kappa shape index (κ3) is 2.29. The molecule has 1 aromatic heterocycles. The fourth-order valence-corrected chi connectivity index (χ4v) is 2.09. The summed E-state index contributed by atoms with van der Waals surface area (Å²) in [6.45, 7) is 4.44. The van der Waals surface area contributed by atoms with Gasteiger partial charge < -0.3 is 10.5 Å². The van der Waals surface area contributed by atoms with Crippen molar-refractivity contribution in [3.8, 4) is 5.75 Å². The quantitative estimate of drug-likeness (QED) is 0.928. The van der Waals surface area contributed by atoms with Crippen molar-refractivity contribution in [3.05, 3.63) is 40.2 Å². The van der Waals surface area contributed by atoms with Crippen LogP contribution in [0.1, 0.15) is 17.0 Å². The van der Waals surface area contributed by atoms with Gasteiger partial charge in [-0.05, 0) is 32.0 Å². The molecule has 5 heteroatoms. The minimum Gasteiger partial charge on any atom is -0.496 e. The second kappa shape index (κ2) is 4.90. The van der Waals surface area contributed by atoms with Gasteiger partial charge in [-0.15, -0.1) is 0 Å². The topological polar surface area (TPSA) is 53.1 Å². The van der Waals surface area contributed by atoms with Crippen molar-refractivity contribution in [1.82, 2.24) is 9.78 Å². The van der Waals surface area contributed by atoms with Gasteiger partial charge in [0.15, 0.2) is 0 Å². The van der Waals surface area contributed by atoms with Crippen molar-refractivity contribution < 1.29 is 4.74 Å². The third-order valence-corrected chi connectivity index (χ3v) is 3.24. The van der Waals surface area contributed by atoms with Gasteiger partial charge in [0.1, 0.15) is 5.75 Å². The maximum absolute atomic E-state index is 6.01. The molecule has 0 aliphatic heterocycles. The average Bonchev–Trinajstić information content (AvgIpc) is 2.57. The summed E-state index contributed by atoms with van der Waals surface area (Å²) in [7, 11) is 1.64. The highest BCUT2D eigenvalue weighted by Crippen LogP contribution is 2.25. The van der Waals surface area contributed by atoms with Crippen LogP contribution >= 0.6 is 11.6 Å². The average molecular weight is 266 g/mol. The predicted octanol–water partition coefficient (Wildman–Crippen LogP) is 2.79. The van der Waals surface area contributed by atoms with E-state index in [2.05, 4.69) is 5.10 Å². The molecule has 0 fully saturated rings. The first-order valence-electron chi connectivity index (χ1n) is 5.65. The Morgan fingerprint density at radius 3 is 2.67 bits per heavy atom. The number of nitrogens with zero attached hydrogens (tertiary/aromatic N) is 2. The number of methoxy groups -OCH3 is 1. The van der Waals surface area contributed by atoms with Gasteiger partial charge in [-0.3, -0.25) is 4.68 Å². The number of nitrogens with two attached hydrogens (primary N) is 1. The standard InChI is InChI=1S/C13H16ClN3O/c1-8-13(15)9(2)17(16-8)7-10-6-11(14)4-5-12(10)18-3/h4-6H,7,15H2,1-3H3. The molecule has 0 atom stereocenters. The molecule has 4 nitrogen and oxygen atoms in total. The van der Waals surface area contributed by atoms with Crippen LogP contribution in [0.15, 0.2) is 18.2 Å². The van der Waals surface area contributed by atoms with Crippen molar-refractivity contribution in [2.45, 2.75) is 20.4 Å². The molecule has 0 amide bonds. The maximum Gasteiger partial charge on any atom is 0.124 e. The molecule has 0 saturated carbocycles. The lowest BCUT2D eigenvalue weighted by Crippen LogP contribution is -2.06.